The molecule has 0 N–H and O–H groups in total. The Hall–Kier alpha value is -3.22. The Balaban J connectivity index is 0.0000177. The van der Waals surface area contributed by atoms with Gasteiger partial charge in [-0.05, 0) is 103 Å². The number of esters is 3. The van der Waals surface area contributed by atoms with E-state index in [2.05, 4.69) is 63.0 Å². The lowest BCUT2D eigenvalue weighted by molar-refractivity contribution is -0.161. The van der Waals surface area contributed by atoms with Gasteiger partial charge in [-0.25, -0.2) is 4.79 Å². The van der Waals surface area contributed by atoms with E-state index in [1.54, 1.807) is 0 Å². The van der Waals surface area contributed by atoms with E-state index < -0.39 is 30.3 Å². The zero-order valence-electron chi connectivity index (χ0n) is 39.3. The first kappa shape index (κ1) is 57.8. The summed E-state index contributed by atoms with van der Waals surface area (Å²) in [4.78, 5) is 52.5. The third-order valence-corrected chi connectivity index (χ3v) is 9.86. The van der Waals surface area contributed by atoms with Crippen LogP contribution >= 0.6 is 0 Å². The number of allylic oxidation sites excluding steroid dienone is 5. The molecular formula is C49H87NO11. The quantitative estimate of drug-likeness (QED) is 0.0193. The predicted octanol–water partition coefficient (Wildman–Crippen LogP) is 11.3. The molecule has 0 amide bonds. The van der Waals surface area contributed by atoms with Crippen molar-refractivity contribution in [3.63, 3.8) is 0 Å². The van der Waals surface area contributed by atoms with Gasteiger partial charge in [0, 0.05) is 44.9 Å². The van der Waals surface area contributed by atoms with Gasteiger partial charge in [0.25, 0.3) is 0 Å². The summed E-state index contributed by atoms with van der Waals surface area (Å²) in [5.41, 5.74) is 0. The Labute approximate surface area is 370 Å². The molecule has 1 saturated heterocycles. The first-order valence-electron chi connectivity index (χ1n) is 24.0. The number of ether oxygens (including phenoxy) is 7. The molecule has 1 rings (SSSR count). The van der Waals surface area contributed by atoms with E-state index in [9.17, 15) is 19.2 Å². The van der Waals surface area contributed by atoms with Gasteiger partial charge in [0.2, 0.25) is 0 Å². The summed E-state index contributed by atoms with van der Waals surface area (Å²) in [6, 6.07) is 0. The highest BCUT2D eigenvalue weighted by molar-refractivity contribution is 5.71. The molecule has 1 aliphatic heterocycles. The number of nitrogens with zero attached hydrogens (tertiary/aromatic N) is 1. The lowest BCUT2D eigenvalue weighted by Crippen LogP contribution is -2.37. The minimum atomic E-state index is -0.805. The fourth-order valence-electron chi connectivity index (χ4n) is 6.29. The highest BCUT2D eigenvalue weighted by atomic mass is 16.7. The highest BCUT2D eigenvalue weighted by Gasteiger charge is 2.23. The van der Waals surface area contributed by atoms with E-state index in [-0.39, 0.29) is 57.6 Å². The van der Waals surface area contributed by atoms with Crippen LogP contribution in [0.3, 0.4) is 0 Å². The van der Waals surface area contributed by atoms with Crippen LogP contribution in [0.2, 0.25) is 0 Å². The van der Waals surface area contributed by atoms with Crippen LogP contribution in [0, 0.1) is 11.8 Å². The number of likely N-dealkylation sites (tertiary alicyclic amines) is 1. The molecule has 1 fully saturated rings. The molecule has 1 aliphatic rings. The van der Waals surface area contributed by atoms with Gasteiger partial charge in [-0.3, -0.25) is 14.4 Å². The van der Waals surface area contributed by atoms with Crippen LogP contribution in [0.5, 0.6) is 0 Å². The molecule has 0 bridgehead atoms. The maximum atomic E-state index is 12.9. The molecule has 61 heavy (non-hydrogen) atoms. The summed E-state index contributed by atoms with van der Waals surface area (Å²) >= 11 is 0. The third-order valence-electron chi connectivity index (χ3n) is 9.86. The van der Waals surface area contributed by atoms with Crippen molar-refractivity contribution in [1.82, 2.24) is 4.90 Å². The molecule has 0 aliphatic carbocycles. The van der Waals surface area contributed by atoms with Crippen molar-refractivity contribution in [2.75, 3.05) is 65.9 Å². The molecule has 2 unspecified atom stereocenters. The Morgan fingerprint density at radius 2 is 1.13 bits per heavy atom. The summed E-state index contributed by atoms with van der Waals surface area (Å²) in [6.07, 6.45) is 27.2. The normalized spacial score (nSPS) is 14.9. The van der Waals surface area contributed by atoms with Crippen molar-refractivity contribution in [3.05, 3.63) is 36.5 Å². The molecule has 354 valence electrons. The minimum absolute atomic E-state index is 0.0762. The minimum Gasteiger partial charge on any atom is -0.465 e. The first-order valence-corrected chi connectivity index (χ1v) is 24.0. The van der Waals surface area contributed by atoms with Gasteiger partial charge in [0.15, 0.2) is 6.29 Å². The van der Waals surface area contributed by atoms with E-state index in [4.69, 9.17) is 33.2 Å². The van der Waals surface area contributed by atoms with E-state index >= 15 is 0 Å². The van der Waals surface area contributed by atoms with Gasteiger partial charge < -0.3 is 38.1 Å². The number of unbranched alkanes of at least 4 members (excludes halogenated alkanes) is 7. The molecule has 0 radical (unpaired) electrons. The molecule has 0 saturated carbocycles. The Bertz CT molecular complexity index is 1130. The van der Waals surface area contributed by atoms with Gasteiger partial charge in [-0.2, -0.15) is 0 Å². The topological polar surface area (TPSA) is 136 Å². The Morgan fingerprint density at radius 3 is 1.72 bits per heavy atom. The van der Waals surface area contributed by atoms with Crippen molar-refractivity contribution in [3.8, 4) is 0 Å². The van der Waals surface area contributed by atoms with E-state index in [1.165, 1.54) is 0 Å². The summed E-state index contributed by atoms with van der Waals surface area (Å²) < 4.78 is 39.3. The maximum Gasteiger partial charge on any atom is 0.508 e. The van der Waals surface area contributed by atoms with E-state index in [1.807, 2.05) is 19.9 Å². The lowest BCUT2D eigenvalue weighted by Gasteiger charge is -2.31. The summed E-state index contributed by atoms with van der Waals surface area (Å²) in [7, 11) is 0. The second-order valence-corrected chi connectivity index (χ2v) is 15.3. The number of carbonyl (C=O) groups excluding carboxylic acids is 4. The number of rotatable bonds is 37. The Kier molecular flexibility index (Phi) is 41.1. The molecule has 12 heteroatoms. The number of piperidine rings is 1. The lowest BCUT2D eigenvalue weighted by atomic mass is 9.99. The molecule has 2 atom stereocenters. The number of hydrogen-bond acceptors (Lipinski definition) is 12. The van der Waals surface area contributed by atoms with Crippen LogP contribution in [0.15, 0.2) is 36.5 Å². The second kappa shape index (κ2) is 43.4. The average molecular weight is 866 g/mol. The van der Waals surface area contributed by atoms with Crippen molar-refractivity contribution in [2.24, 2.45) is 11.8 Å². The molecule has 0 aromatic carbocycles. The van der Waals surface area contributed by atoms with Crippen molar-refractivity contribution >= 4 is 24.1 Å². The second-order valence-electron chi connectivity index (χ2n) is 15.3. The smallest absolute Gasteiger partial charge is 0.465 e. The monoisotopic (exact) mass is 866 g/mol. The SMILES string of the molecule is CC.CC/C=C\CCCCOC(CCC(=O)OCC(COC(=O)CCCCC(=O)OCC/C=C\CCCC)COC(=O)OCC1CCCN(CC)C1)OCCCC/C=C\CC. The first-order chi connectivity index (χ1) is 29.8. The van der Waals surface area contributed by atoms with Gasteiger partial charge in [-0.15, -0.1) is 0 Å². The molecule has 1 heterocycles. The highest BCUT2D eigenvalue weighted by Crippen LogP contribution is 2.17. The van der Waals surface area contributed by atoms with Crippen LogP contribution in [0.4, 0.5) is 4.79 Å². The van der Waals surface area contributed by atoms with Gasteiger partial charge in [0.1, 0.15) is 19.8 Å². The predicted molar refractivity (Wildman–Crippen MR) is 243 cm³/mol. The summed E-state index contributed by atoms with van der Waals surface area (Å²) in [6.45, 7) is 16.7. The standard InChI is InChI=1S/C47H81NO11.C2H6/c1-5-9-12-15-18-23-33-53-43(49)28-21-22-29-44(50)56-38-42(40-59-47(52)58-37-41-27-26-32-48(8-4)36-41)39-57-45(51)30-31-46(54-34-24-19-16-13-10-6-2)55-35-25-20-17-14-11-7-3;1-2/h10-11,13-15,18,41-42,46H,5-9,12,16-17,19-40H2,1-4H3;1-2H3/b13-10-,14-11-,18-15-;. The van der Waals surface area contributed by atoms with Crippen LogP contribution in [-0.2, 0) is 47.5 Å². The van der Waals surface area contributed by atoms with Gasteiger partial charge >= 0.3 is 24.1 Å². The maximum absolute atomic E-state index is 12.9. The van der Waals surface area contributed by atoms with Crippen molar-refractivity contribution < 1.29 is 52.3 Å². The fraction of sp³-hybridized carbons (Fsp3) is 0.796. The molecular weight excluding hydrogens is 779 g/mol. The van der Waals surface area contributed by atoms with Crippen LogP contribution < -0.4 is 0 Å². The van der Waals surface area contributed by atoms with E-state index in [0.717, 1.165) is 103 Å². The summed E-state index contributed by atoms with van der Waals surface area (Å²) in [5, 5.41) is 0. The van der Waals surface area contributed by atoms with Crippen molar-refractivity contribution in [1.29, 1.82) is 0 Å². The van der Waals surface area contributed by atoms with Gasteiger partial charge in [0.05, 0.1) is 25.6 Å². The van der Waals surface area contributed by atoms with E-state index in [0.29, 0.717) is 45.5 Å². The van der Waals surface area contributed by atoms with Crippen molar-refractivity contribution in [2.45, 2.75) is 176 Å². The zero-order valence-corrected chi connectivity index (χ0v) is 39.3. The average Bonchev–Trinajstić information content (AvgIpc) is 3.28. The molecule has 0 aromatic rings. The van der Waals surface area contributed by atoms with Crippen LogP contribution in [0.25, 0.3) is 0 Å². The third kappa shape index (κ3) is 37.1. The zero-order chi connectivity index (χ0) is 45.0. The number of carbonyl (C=O) groups is 4. The largest absolute Gasteiger partial charge is 0.508 e. The molecule has 0 aromatic heterocycles. The fourth-order valence-corrected chi connectivity index (χ4v) is 6.29. The molecule has 12 nitrogen and oxygen atoms in total. The summed E-state index contributed by atoms with van der Waals surface area (Å²) in [5.74, 6) is -1.54. The number of hydrogen-bond donors (Lipinski definition) is 0. The van der Waals surface area contributed by atoms with Gasteiger partial charge in [-0.1, -0.05) is 90.8 Å². The van der Waals surface area contributed by atoms with Crippen LogP contribution in [0.1, 0.15) is 170 Å². The molecule has 0 spiro atoms. The van der Waals surface area contributed by atoms with Crippen LogP contribution in [-0.4, -0.2) is 101 Å². The Morgan fingerprint density at radius 1 is 0.590 bits per heavy atom.